The largest absolute Gasteiger partial charge is 0.495 e. The van der Waals surface area contributed by atoms with Gasteiger partial charge in [0.1, 0.15) is 5.75 Å². The molecular weight excluding hydrogens is 256 g/mol. The molecule has 112 valence electrons. The Morgan fingerprint density at radius 1 is 1.35 bits per heavy atom. The first-order valence-electron chi connectivity index (χ1n) is 6.84. The fourth-order valence-corrected chi connectivity index (χ4v) is 1.99. The number of rotatable bonds is 8. The van der Waals surface area contributed by atoms with E-state index in [2.05, 4.69) is 24.5 Å². The molecule has 0 saturated heterocycles. The summed E-state index contributed by atoms with van der Waals surface area (Å²) in [7, 11) is 1.59. The van der Waals surface area contributed by atoms with Crippen LogP contribution in [0.5, 0.6) is 5.75 Å². The first-order valence-corrected chi connectivity index (χ1v) is 6.84. The Morgan fingerprint density at radius 3 is 2.65 bits per heavy atom. The van der Waals surface area contributed by atoms with Crippen molar-refractivity contribution >= 4 is 11.6 Å². The Bertz CT molecular complexity index is 421. The number of carbonyl (C=O) groups excluding carboxylic acids is 1. The third-order valence-electron chi connectivity index (χ3n) is 2.89. The van der Waals surface area contributed by atoms with Crippen LogP contribution >= 0.6 is 0 Å². The molecule has 5 nitrogen and oxygen atoms in total. The Kier molecular flexibility index (Phi) is 6.87. The first-order chi connectivity index (χ1) is 9.56. The van der Waals surface area contributed by atoms with Crippen LogP contribution in [0.15, 0.2) is 24.3 Å². The number of hydrogen-bond acceptors (Lipinski definition) is 4. The Morgan fingerprint density at radius 2 is 2.05 bits per heavy atom. The van der Waals surface area contributed by atoms with Gasteiger partial charge in [0.2, 0.25) is 5.91 Å². The lowest BCUT2D eigenvalue weighted by molar-refractivity contribution is -0.120. The van der Waals surface area contributed by atoms with E-state index in [1.54, 1.807) is 7.11 Å². The predicted molar refractivity (Wildman–Crippen MR) is 80.0 cm³/mol. The molecule has 0 fully saturated rings. The molecule has 1 aromatic carbocycles. The fourth-order valence-electron chi connectivity index (χ4n) is 1.99. The summed E-state index contributed by atoms with van der Waals surface area (Å²) in [5.74, 6) is 0.978. The molecule has 3 N–H and O–H groups in total. The number of carbonyl (C=O) groups is 1. The van der Waals surface area contributed by atoms with E-state index >= 15 is 0 Å². The Labute approximate surface area is 120 Å². The predicted octanol–water partition coefficient (Wildman–Crippen LogP) is 1.63. The SMILES string of the molecule is COc1ccccc1NCC(=O)NC(CO)CC(C)C. The molecule has 5 heteroatoms. The molecule has 0 radical (unpaired) electrons. The van der Waals surface area contributed by atoms with Crippen molar-refractivity contribution < 1.29 is 14.6 Å². The average Bonchev–Trinajstić information content (AvgIpc) is 2.44. The van der Waals surface area contributed by atoms with Gasteiger partial charge in [-0.2, -0.15) is 0 Å². The second-order valence-electron chi connectivity index (χ2n) is 5.13. The molecule has 0 bridgehead atoms. The average molecular weight is 280 g/mol. The summed E-state index contributed by atoms with van der Waals surface area (Å²) in [6.07, 6.45) is 0.761. The van der Waals surface area contributed by atoms with Crippen molar-refractivity contribution in [3.05, 3.63) is 24.3 Å². The van der Waals surface area contributed by atoms with Crippen molar-refractivity contribution in [3.63, 3.8) is 0 Å². The lowest BCUT2D eigenvalue weighted by Crippen LogP contribution is -2.41. The number of para-hydroxylation sites is 2. The Hall–Kier alpha value is -1.75. The number of anilines is 1. The highest BCUT2D eigenvalue weighted by Crippen LogP contribution is 2.22. The molecule has 1 unspecified atom stereocenters. The van der Waals surface area contributed by atoms with Gasteiger partial charge in [0.25, 0.3) is 0 Å². The minimum atomic E-state index is -0.193. The van der Waals surface area contributed by atoms with Crippen molar-refractivity contribution in [1.82, 2.24) is 5.32 Å². The Balaban J connectivity index is 2.46. The zero-order valence-electron chi connectivity index (χ0n) is 12.3. The second-order valence-corrected chi connectivity index (χ2v) is 5.13. The van der Waals surface area contributed by atoms with E-state index in [-0.39, 0.29) is 25.1 Å². The maximum Gasteiger partial charge on any atom is 0.239 e. The van der Waals surface area contributed by atoms with Crippen LogP contribution in [0.25, 0.3) is 0 Å². The highest BCUT2D eigenvalue weighted by Gasteiger charge is 2.13. The summed E-state index contributed by atoms with van der Waals surface area (Å²) >= 11 is 0. The molecule has 1 rings (SSSR count). The van der Waals surface area contributed by atoms with Crippen LogP contribution in [-0.2, 0) is 4.79 Å². The fraction of sp³-hybridized carbons (Fsp3) is 0.533. The molecular formula is C15H24N2O3. The molecule has 0 saturated carbocycles. The van der Waals surface area contributed by atoms with Crippen molar-refractivity contribution in [2.75, 3.05) is 25.6 Å². The highest BCUT2D eigenvalue weighted by atomic mass is 16.5. The second kappa shape index (κ2) is 8.43. The van der Waals surface area contributed by atoms with E-state index in [0.717, 1.165) is 12.1 Å². The number of hydrogen-bond donors (Lipinski definition) is 3. The molecule has 0 aliphatic rings. The third kappa shape index (κ3) is 5.48. The molecule has 0 heterocycles. The summed E-state index contributed by atoms with van der Waals surface area (Å²) in [6.45, 7) is 4.22. The quantitative estimate of drug-likeness (QED) is 0.677. The molecule has 0 spiro atoms. The number of aliphatic hydroxyl groups is 1. The number of methoxy groups -OCH3 is 1. The summed E-state index contributed by atoms with van der Waals surface area (Å²) in [6, 6.07) is 7.23. The molecule has 0 aliphatic heterocycles. The summed E-state index contributed by atoms with van der Waals surface area (Å²) in [5.41, 5.74) is 0.773. The number of aliphatic hydroxyl groups excluding tert-OH is 1. The van der Waals surface area contributed by atoms with Crippen LogP contribution in [0.4, 0.5) is 5.69 Å². The monoisotopic (exact) mass is 280 g/mol. The normalized spacial score (nSPS) is 12.1. The van der Waals surface area contributed by atoms with Crippen molar-refractivity contribution in [2.45, 2.75) is 26.3 Å². The lowest BCUT2D eigenvalue weighted by atomic mass is 10.0. The van der Waals surface area contributed by atoms with E-state index in [0.29, 0.717) is 11.7 Å². The van der Waals surface area contributed by atoms with E-state index in [9.17, 15) is 9.90 Å². The minimum Gasteiger partial charge on any atom is -0.495 e. The molecule has 20 heavy (non-hydrogen) atoms. The van der Waals surface area contributed by atoms with E-state index in [1.807, 2.05) is 24.3 Å². The first kappa shape index (κ1) is 16.3. The molecule has 1 amide bonds. The number of benzene rings is 1. The van der Waals surface area contributed by atoms with E-state index < -0.39 is 0 Å². The topological polar surface area (TPSA) is 70.6 Å². The number of nitrogens with one attached hydrogen (secondary N) is 2. The van der Waals surface area contributed by atoms with Crippen LogP contribution in [0.3, 0.4) is 0 Å². The maximum absolute atomic E-state index is 11.8. The molecule has 0 aromatic heterocycles. The van der Waals surface area contributed by atoms with Gasteiger partial charge in [-0.05, 0) is 24.5 Å². The van der Waals surface area contributed by atoms with Crippen LogP contribution < -0.4 is 15.4 Å². The summed E-state index contributed by atoms with van der Waals surface area (Å²) in [5, 5.41) is 15.1. The maximum atomic E-state index is 11.8. The van der Waals surface area contributed by atoms with Gasteiger partial charge in [0.15, 0.2) is 0 Å². The minimum absolute atomic E-state index is 0.0431. The van der Waals surface area contributed by atoms with Gasteiger partial charge in [0.05, 0.1) is 32.0 Å². The van der Waals surface area contributed by atoms with Crippen molar-refractivity contribution in [2.24, 2.45) is 5.92 Å². The standard InChI is InChI=1S/C15H24N2O3/c1-11(2)8-12(10-18)17-15(19)9-16-13-6-4-5-7-14(13)20-3/h4-7,11-12,16,18H,8-10H2,1-3H3,(H,17,19). The van der Waals surface area contributed by atoms with Crippen LogP contribution in [0.2, 0.25) is 0 Å². The van der Waals surface area contributed by atoms with Gasteiger partial charge in [0, 0.05) is 0 Å². The van der Waals surface area contributed by atoms with Gasteiger partial charge in [-0.1, -0.05) is 26.0 Å². The number of amides is 1. The van der Waals surface area contributed by atoms with Crippen LogP contribution in [0.1, 0.15) is 20.3 Å². The molecule has 1 aromatic rings. The van der Waals surface area contributed by atoms with Gasteiger partial charge < -0.3 is 20.5 Å². The van der Waals surface area contributed by atoms with Crippen molar-refractivity contribution in [1.29, 1.82) is 0 Å². The van der Waals surface area contributed by atoms with Gasteiger partial charge in [-0.3, -0.25) is 4.79 Å². The lowest BCUT2D eigenvalue weighted by Gasteiger charge is -2.18. The molecule has 1 atom stereocenters. The third-order valence-corrected chi connectivity index (χ3v) is 2.89. The van der Waals surface area contributed by atoms with Crippen LogP contribution in [-0.4, -0.2) is 37.3 Å². The van der Waals surface area contributed by atoms with Crippen molar-refractivity contribution in [3.8, 4) is 5.75 Å². The molecule has 0 aliphatic carbocycles. The van der Waals surface area contributed by atoms with Gasteiger partial charge in [-0.25, -0.2) is 0 Å². The van der Waals surface area contributed by atoms with E-state index in [4.69, 9.17) is 4.74 Å². The van der Waals surface area contributed by atoms with Gasteiger partial charge in [-0.15, -0.1) is 0 Å². The number of ether oxygens (including phenoxy) is 1. The summed E-state index contributed by atoms with van der Waals surface area (Å²) in [4.78, 5) is 11.8. The summed E-state index contributed by atoms with van der Waals surface area (Å²) < 4.78 is 5.20. The van der Waals surface area contributed by atoms with Crippen LogP contribution in [0, 0.1) is 5.92 Å². The van der Waals surface area contributed by atoms with E-state index in [1.165, 1.54) is 0 Å². The highest BCUT2D eigenvalue weighted by molar-refractivity contribution is 5.81. The smallest absolute Gasteiger partial charge is 0.239 e. The van der Waals surface area contributed by atoms with Gasteiger partial charge >= 0.3 is 0 Å². The zero-order valence-corrected chi connectivity index (χ0v) is 12.3. The zero-order chi connectivity index (χ0) is 15.0.